The van der Waals surface area contributed by atoms with E-state index in [0.717, 1.165) is 0 Å². The molecule has 8 aromatic carbocycles. The maximum atomic E-state index is 2.59. The van der Waals surface area contributed by atoms with Crippen LogP contribution < -0.4 is 0 Å². The van der Waals surface area contributed by atoms with Crippen molar-refractivity contribution in [1.29, 1.82) is 0 Å². The number of aromatic nitrogens is 2. The fourth-order valence-electron chi connectivity index (χ4n) is 9.74. The van der Waals surface area contributed by atoms with Gasteiger partial charge >= 0.3 is 0 Å². The monoisotopic (exact) mass is 694 g/mol. The van der Waals surface area contributed by atoms with Crippen LogP contribution in [-0.4, -0.2) is 9.13 Å². The topological polar surface area (TPSA) is 9.86 Å². The SMILES string of the molecule is CC1(C)CCC(C)(C)c2cc3c(cc21)c1c2c4ccc5ccccc5c4n(-c4ccccc4)c2ccc1n3-c1ccc2cc(-c3ccccc3)ccc2c1. The van der Waals surface area contributed by atoms with Gasteiger partial charge in [0.2, 0.25) is 0 Å². The molecule has 0 atom stereocenters. The first kappa shape index (κ1) is 31.4. The second-order valence-electron chi connectivity index (χ2n) is 16.8. The molecule has 0 radical (unpaired) electrons. The van der Waals surface area contributed by atoms with Crippen LogP contribution in [0.5, 0.6) is 0 Å². The van der Waals surface area contributed by atoms with Crippen LogP contribution in [0, 0.1) is 0 Å². The molecule has 2 nitrogen and oxygen atoms in total. The zero-order valence-electron chi connectivity index (χ0n) is 31.3. The third-order valence-electron chi connectivity index (χ3n) is 12.7. The van der Waals surface area contributed by atoms with Crippen LogP contribution in [0.4, 0.5) is 0 Å². The van der Waals surface area contributed by atoms with Crippen molar-refractivity contribution in [1.82, 2.24) is 9.13 Å². The van der Waals surface area contributed by atoms with E-state index in [0.29, 0.717) is 0 Å². The molecule has 0 unspecified atom stereocenters. The van der Waals surface area contributed by atoms with Crippen LogP contribution in [0.3, 0.4) is 0 Å². The Labute approximate surface area is 315 Å². The van der Waals surface area contributed by atoms with E-state index in [9.17, 15) is 0 Å². The van der Waals surface area contributed by atoms with Crippen molar-refractivity contribution in [3.05, 3.63) is 169 Å². The highest BCUT2D eigenvalue weighted by atomic mass is 15.0. The zero-order valence-corrected chi connectivity index (χ0v) is 31.3. The highest BCUT2D eigenvalue weighted by molar-refractivity contribution is 6.31. The Balaban J connectivity index is 1.29. The fraction of sp³-hybridized carbons (Fsp3) is 0.154. The molecule has 1 aliphatic carbocycles. The molecule has 0 aliphatic heterocycles. The van der Waals surface area contributed by atoms with E-state index in [1.807, 2.05) is 0 Å². The van der Waals surface area contributed by atoms with Gasteiger partial charge < -0.3 is 9.13 Å². The van der Waals surface area contributed by atoms with Crippen molar-refractivity contribution in [2.45, 2.75) is 51.4 Å². The highest BCUT2D eigenvalue weighted by Gasteiger charge is 2.38. The van der Waals surface area contributed by atoms with Crippen LogP contribution in [0.2, 0.25) is 0 Å². The molecule has 2 aromatic heterocycles. The minimum atomic E-state index is 0.0923. The normalized spacial score (nSPS) is 15.2. The van der Waals surface area contributed by atoms with Crippen LogP contribution >= 0.6 is 0 Å². The lowest BCUT2D eigenvalue weighted by Crippen LogP contribution is -2.33. The summed E-state index contributed by atoms with van der Waals surface area (Å²) in [7, 11) is 0. The maximum absolute atomic E-state index is 2.59. The van der Waals surface area contributed by atoms with E-state index in [1.165, 1.54) is 112 Å². The lowest BCUT2D eigenvalue weighted by Gasteiger charge is -2.42. The first-order chi connectivity index (χ1) is 26.3. The van der Waals surface area contributed by atoms with Gasteiger partial charge in [-0.05, 0) is 117 Å². The number of fused-ring (bicyclic) bond motifs is 11. The Kier molecular flexibility index (Phi) is 6.51. The van der Waals surface area contributed by atoms with E-state index in [-0.39, 0.29) is 10.8 Å². The number of hydrogen-bond donors (Lipinski definition) is 0. The van der Waals surface area contributed by atoms with Crippen LogP contribution in [-0.2, 0) is 10.8 Å². The Morgan fingerprint density at radius 1 is 0.389 bits per heavy atom. The average molecular weight is 695 g/mol. The molecule has 0 amide bonds. The lowest BCUT2D eigenvalue weighted by molar-refractivity contribution is 0.332. The molecule has 11 rings (SSSR count). The van der Waals surface area contributed by atoms with Crippen molar-refractivity contribution in [2.75, 3.05) is 0 Å². The summed E-state index contributed by atoms with van der Waals surface area (Å²) in [6, 6.07) is 58.9. The molecule has 0 saturated heterocycles. The highest BCUT2D eigenvalue weighted by Crippen LogP contribution is 2.50. The predicted molar refractivity (Wildman–Crippen MR) is 231 cm³/mol. The molecule has 0 N–H and O–H groups in total. The molecule has 2 heteroatoms. The fourth-order valence-corrected chi connectivity index (χ4v) is 9.74. The van der Waals surface area contributed by atoms with E-state index in [2.05, 4.69) is 195 Å². The summed E-state index contributed by atoms with van der Waals surface area (Å²) in [6.45, 7) is 9.78. The van der Waals surface area contributed by atoms with Gasteiger partial charge in [0, 0.05) is 38.3 Å². The lowest BCUT2D eigenvalue weighted by atomic mass is 9.63. The first-order valence-electron chi connectivity index (χ1n) is 19.4. The molecule has 10 aromatic rings. The van der Waals surface area contributed by atoms with Crippen molar-refractivity contribution >= 4 is 65.2 Å². The van der Waals surface area contributed by atoms with Gasteiger partial charge in [0.05, 0.1) is 22.1 Å². The molecular formula is C52H42N2. The Morgan fingerprint density at radius 2 is 1.00 bits per heavy atom. The second-order valence-corrected chi connectivity index (χ2v) is 16.8. The number of rotatable bonds is 3. The molecule has 2 heterocycles. The van der Waals surface area contributed by atoms with Crippen molar-refractivity contribution in [3.8, 4) is 22.5 Å². The molecule has 54 heavy (non-hydrogen) atoms. The summed E-state index contributed by atoms with van der Waals surface area (Å²) in [5.41, 5.74) is 13.1. The van der Waals surface area contributed by atoms with E-state index in [1.54, 1.807) is 0 Å². The van der Waals surface area contributed by atoms with Crippen LogP contribution in [0.1, 0.15) is 51.7 Å². The summed E-state index contributed by atoms with van der Waals surface area (Å²) in [5.74, 6) is 0. The minimum Gasteiger partial charge on any atom is -0.309 e. The molecule has 1 aliphatic rings. The van der Waals surface area contributed by atoms with Gasteiger partial charge in [-0.1, -0.05) is 131 Å². The van der Waals surface area contributed by atoms with Gasteiger partial charge in [-0.2, -0.15) is 0 Å². The summed E-state index contributed by atoms with van der Waals surface area (Å²) in [5, 5.41) is 10.3. The standard InChI is InChI=1S/C52H42N2/c1-51(2)27-28-52(3,4)44-32-47-42(31-43(44)51)49-45(53(47)39-23-21-36-29-35(19-20-37(36)30-39)33-13-7-5-8-14-33)25-26-46-48(49)41-24-22-34-15-11-12-18-40(34)50(41)54(46)38-16-9-6-10-17-38/h5-26,29-32H,27-28H2,1-4H3. The van der Waals surface area contributed by atoms with E-state index >= 15 is 0 Å². The summed E-state index contributed by atoms with van der Waals surface area (Å²) >= 11 is 0. The maximum Gasteiger partial charge on any atom is 0.0619 e. The molecule has 0 saturated carbocycles. The minimum absolute atomic E-state index is 0.0923. The molecular weight excluding hydrogens is 653 g/mol. The smallest absolute Gasteiger partial charge is 0.0619 e. The van der Waals surface area contributed by atoms with Gasteiger partial charge in [-0.25, -0.2) is 0 Å². The van der Waals surface area contributed by atoms with Crippen molar-refractivity contribution < 1.29 is 0 Å². The number of hydrogen-bond acceptors (Lipinski definition) is 0. The molecule has 260 valence electrons. The molecule has 0 bridgehead atoms. The number of para-hydroxylation sites is 1. The Bertz CT molecular complexity index is 3140. The Hall–Kier alpha value is -6.12. The first-order valence-corrected chi connectivity index (χ1v) is 19.4. The van der Waals surface area contributed by atoms with Crippen molar-refractivity contribution in [2.24, 2.45) is 0 Å². The van der Waals surface area contributed by atoms with Crippen LogP contribution in [0.25, 0.3) is 87.7 Å². The molecule has 0 spiro atoms. The second kappa shape index (κ2) is 11.2. The third kappa shape index (κ3) is 4.46. The molecule has 0 fully saturated rings. The summed E-state index contributed by atoms with van der Waals surface area (Å²) < 4.78 is 5.06. The van der Waals surface area contributed by atoms with Gasteiger partial charge in [0.25, 0.3) is 0 Å². The Morgan fingerprint density at radius 3 is 1.78 bits per heavy atom. The third-order valence-corrected chi connectivity index (χ3v) is 12.7. The summed E-state index contributed by atoms with van der Waals surface area (Å²) in [6.07, 6.45) is 2.36. The predicted octanol–water partition coefficient (Wildman–Crippen LogP) is 14.2. The van der Waals surface area contributed by atoms with Gasteiger partial charge in [-0.3, -0.25) is 0 Å². The van der Waals surface area contributed by atoms with Gasteiger partial charge in [-0.15, -0.1) is 0 Å². The van der Waals surface area contributed by atoms with Crippen LogP contribution in [0.15, 0.2) is 158 Å². The summed E-state index contributed by atoms with van der Waals surface area (Å²) in [4.78, 5) is 0. The van der Waals surface area contributed by atoms with Gasteiger partial charge in [0.15, 0.2) is 0 Å². The number of benzene rings is 8. The van der Waals surface area contributed by atoms with Crippen molar-refractivity contribution in [3.63, 3.8) is 0 Å². The zero-order chi connectivity index (χ0) is 36.3. The van der Waals surface area contributed by atoms with E-state index in [4.69, 9.17) is 0 Å². The largest absolute Gasteiger partial charge is 0.309 e. The quantitative estimate of drug-likeness (QED) is 0.174. The number of nitrogens with zero attached hydrogens (tertiary/aromatic N) is 2. The average Bonchev–Trinajstić information content (AvgIpc) is 3.72. The van der Waals surface area contributed by atoms with Gasteiger partial charge in [0.1, 0.15) is 0 Å². The van der Waals surface area contributed by atoms with E-state index < -0.39 is 0 Å².